The minimum atomic E-state index is 0.142. The first kappa shape index (κ1) is 12.4. The number of nitrogen functional groups attached to an aromatic ring is 1. The Hall–Kier alpha value is -2.30. The van der Waals surface area contributed by atoms with Crippen molar-refractivity contribution in [2.24, 2.45) is 0 Å². The number of nitrogens with zero attached hydrogens (tertiary/aromatic N) is 2. The monoisotopic (exact) mass is 282 g/mol. The molecule has 2 heterocycles. The van der Waals surface area contributed by atoms with Crippen LogP contribution in [-0.2, 0) is 6.42 Å². The molecule has 0 amide bonds. The van der Waals surface area contributed by atoms with E-state index in [1.807, 2.05) is 18.2 Å². The van der Waals surface area contributed by atoms with Gasteiger partial charge in [0.2, 0.25) is 0 Å². The van der Waals surface area contributed by atoms with Crippen molar-refractivity contribution in [1.82, 2.24) is 9.97 Å². The molecule has 2 aromatic rings. The van der Waals surface area contributed by atoms with Crippen LogP contribution in [0.3, 0.4) is 0 Å². The van der Waals surface area contributed by atoms with E-state index in [2.05, 4.69) is 21.4 Å². The zero-order chi connectivity index (χ0) is 14.2. The number of anilines is 2. The SMILES string of the molecule is Nc1cc(NCC2Cc3ccccc3O2)nc(C2CC2)n1. The Morgan fingerprint density at radius 2 is 2.10 bits per heavy atom. The molecule has 4 rings (SSSR count). The Bertz CT molecular complexity index is 644. The van der Waals surface area contributed by atoms with Gasteiger partial charge >= 0.3 is 0 Å². The van der Waals surface area contributed by atoms with Gasteiger partial charge < -0.3 is 15.8 Å². The van der Waals surface area contributed by atoms with Gasteiger partial charge in [-0.15, -0.1) is 0 Å². The number of nitrogens with two attached hydrogens (primary N) is 1. The molecule has 1 aromatic heterocycles. The van der Waals surface area contributed by atoms with Crippen LogP contribution in [0, 0.1) is 0 Å². The summed E-state index contributed by atoms with van der Waals surface area (Å²) in [5.41, 5.74) is 7.12. The van der Waals surface area contributed by atoms with Crippen LogP contribution >= 0.6 is 0 Å². The van der Waals surface area contributed by atoms with E-state index in [-0.39, 0.29) is 6.10 Å². The molecule has 1 atom stereocenters. The summed E-state index contributed by atoms with van der Waals surface area (Å²) in [5, 5.41) is 3.33. The van der Waals surface area contributed by atoms with Crippen LogP contribution in [0.5, 0.6) is 5.75 Å². The second-order valence-corrected chi connectivity index (χ2v) is 5.74. The summed E-state index contributed by atoms with van der Waals surface area (Å²) < 4.78 is 5.91. The number of nitrogens with one attached hydrogen (secondary N) is 1. The van der Waals surface area contributed by atoms with Gasteiger partial charge in [0.05, 0.1) is 6.54 Å². The van der Waals surface area contributed by atoms with E-state index in [0.29, 0.717) is 11.7 Å². The maximum absolute atomic E-state index is 5.91. The summed E-state index contributed by atoms with van der Waals surface area (Å²) in [6.45, 7) is 0.717. The summed E-state index contributed by atoms with van der Waals surface area (Å²) in [7, 11) is 0. The fourth-order valence-corrected chi connectivity index (χ4v) is 2.69. The van der Waals surface area contributed by atoms with Crippen LogP contribution < -0.4 is 15.8 Å². The van der Waals surface area contributed by atoms with E-state index in [4.69, 9.17) is 10.5 Å². The molecule has 5 heteroatoms. The Morgan fingerprint density at radius 1 is 1.24 bits per heavy atom. The molecule has 5 nitrogen and oxygen atoms in total. The third-order valence-corrected chi connectivity index (χ3v) is 3.93. The first-order chi connectivity index (χ1) is 10.3. The highest BCUT2D eigenvalue weighted by Crippen LogP contribution is 2.38. The highest BCUT2D eigenvalue weighted by atomic mass is 16.5. The topological polar surface area (TPSA) is 73.1 Å². The van der Waals surface area contributed by atoms with Crippen LogP contribution in [0.25, 0.3) is 0 Å². The number of aromatic nitrogens is 2. The second kappa shape index (κ2) is 4.91. The smallest absolute Gasteiger partial charge is 0.136 e. The summed E-state index contributed by atoms with van der Waals surface area (Å²) in [6.07, 6.45) is 3.41. The van der Waals surface area contributed by atoms with Crippen molar-refractivity contribution < 1.29 is 4.74 Å². The first-order valence-electron chi connectivity index (χ1n) is 7.41. The lowest BCUT2D eigenvalue weighted by Crippen LogP contribution is -2.24. The Labute approximate surface area is 123 Å². The molecular weight excluding hydrogens is 264 g/mol. The van der Waals surface area contributed by atoms with E-state index < -0.39 is 0 Å². The molecule has 1 saturated carbocycles. The number of ether oxygens (including phenoxy) is 1. The van der Waals surface area contributed by atoms with E-state index in [1.165, 1.54) is 18.4 Å². The fraction of sp³-hybridized carbons (Fsp3) is 0.375. The molecule has 1 unspecified atom stereocenters. The van der Waals surface area contributed by atoms with Crippen LogP contribution in [0.4, 0.5) is 11.6 Å². The standard InChI is InChI=1S/C16H18N4O/c17-14-8-15(20-16(19-14)10-5-6-10)18-9-12-7-11-3-1-2-4-13(11)21-12/h1-4,8,10,12H,5-7,9H2,(H3,17,18,19,20). The van der Waals surface area contributed by atoms with Crippen LogP contribution in [0.1, 0.15) is 30.1 Å². The molecule has 0 bridgehead atoms. The van der Waals surface area contributed by atoms with Gasteiger partial charge in [-0.05, 0) is 24.5 Å². The molecule has 1 aliphatic heterocycles. The maximum Gasteiger partial charge on any atom is 0.136 e. The molecular formula is C16H18N4O. The molecule has 0 saturated heterocycles. The molecule has 0 spiro atoms. The Morgan fingerprint density at radius 3 is 2.90 bits per heavy atom. The van der Waals surface area contributed by atoms with Crippen LogP contribution in [0.15, 0.2) is 30.3 Å². The third kappa shape index (κ3) is 2.63. The highest BCUT2D eigenvalue weighted by molar-refractivity contribution is 5.46. The van der Waals surface area contributed by atoms with Crippen molar-refractivity contribution >= 4 is 11.6 Å². The average molecular weight is 282 g/mol. The molecule has 3 N–H and O–H groups in total. The van der Waals surface area contributed by atoms with Gasteiger partial charge in [0, 0.05) is 18.4 Å². The van der Waals surface area contributed by atoms with Crippen molar-refractivity contribution in [3.8, 4) is 5.75 Å². The number of fused-ring (bicyclic) bond motifs is 1. The van der Waals surface area contributed by atoms with Gasteiger partial charge in [0.15, 0.2) is 0 Å². The predicted octanol–water partition coefficient (Wildman–Crippen LogP) is 2.35. The zero-order valence-corrected chi connectivity index (χ0v) is 11.7. The molecule has 0 radical (unpaired) electrons. The minimum absolute atomic E-state index is 0.142. The summed E-state index contributed by atoms with van der Waals surface area (Å²) >= 11 is 0. The number of rotatable bonds is 4. The van der Waals surface area contributed by atoms with Gasteiger partial charge in [-0.3, -0.25) is 0 Å². The minimum Gasteiger partial charge on any atom is -0.488 e. The van der Waals surface area contributed by atoms with E-state index in [0.717, 1.165) is 30.4 Å². The van der Waals surface area contributed by atoms with E-state index >= 15 is 0 Å². The number of hydrogen-bond acceptors (Lipinski definition) is 5. The van der Waals surface area contributed by atoms with Gasteiger partial charge in [0.1, 0.15) is 29.3 Å². The Balaban J connectivity index is 1.41. The van der Waals surface area contributed by atoms with Crippen molar-refractivity contribution in [2.75, 3.05) is 17.6 Å². The van der Waals surface area contributed by atoms with Gasteiger partial charge in [-0.2, -0.15) is 0 Å². The Kier molecular flexibility index (Phi) is 2.91. The van der Waals surface area contributed by atoms with Crippen molar-refractivity contribution in [3.05, 3.63) is 41.7 Å². The summed E-state index contributed by atoms with van der Waals surface area (Å²) in [5.74, 6) is 3.69. The number of hydrogen-bond donors (Lipinski definition) is 2. The quantitative estimate of drug-likeness (QED) is 0.900. The third-order valence-electron chi connectivity index (χ3n) is 3.93. The van der Waals surface area contributed by atoms with E-state index in [1.54, 1.807) is 6.07 Å². The van der Waals surface area contributed by atoms with Crippen LogP contribution in [-0.4, -0.2) is 22.6 Å². The summed E-state index contributed by atoms with van der Waals surface area (Å²) in [6, 6.07) is 9.97. The lowest BCUT2D eigenvalue weighted by Gasteiger charge is -2.13. The number of para-hydroxylation sites is 1. The lowest BCUT2D eigenvalue weighted by molar-refractivity contribution is 0.246. The molecule has 1 aromatic carbocycles. The van der Waals surface area contributed by atoms with Gasteiger partial charge in [-0.1, -0.05) is 18.2 Å². The molecule has 108 valence electrons. The zero-order valence-electron chi connectivity index (χ0n) is 11.7. The first-order valence-corrected chi connectivity index (χ1v) is 7.41. The maximum atomic E-state index is 5.91. The normalized spacial score (nSPS) is 19.9. The lowest BCUT2D eigenvalue weighted by atomic mass is 10.1. The van der Waals surface area contributed by atoms with Crippen molar-refractivity contribution in [2.45, 2.75) is 31.3 Å². The van der Waals surface area contributed by atoms with Crippen molar-refractivity contribution in [3.63, 3.8) is 0 Å². The van der Waals surface area contributed by atoms with Gasteiger partial charge in [0.25, 0.3) is 0 Å². The van der Waals surface area contributed by atoms with Gasteiger partial charge in [-0.25, -0.2) is 9.97 Å². The van der Waals surface area contributed by atoms with E-state index in [9.17, 15) is 0 Å². The predicted molar refractivity (Wildman–Crippen MR) is 81.5 cm³/mol. The number of benzene rings is 1. The van der Waals surface area contributed by atoms with Crippen LogP contribution in [0.2, 0.25) is 0 Å². The highest BCUT2D eigenvalue weighted by Gasteiger charge is 2.27. The summed E-state index contributed by atoms with van der Waals surface area (Å²) in [4.78, 5) is 8.85. The molecule has 2 aliphatic rings. The average Bonchev–Trinajstić information content (AvgIpc) is 3.24. The fourth-order valence-electron chi connectivity index (χ4n) is 2.69. The molecule has 21 heavy (non-hydrogen) atoms. The molecule has 1 fully saturated rings. The van der Waals surface area contributed by atoms with Crippen molar-refractivity contribution in [1.29, 1.82) is 0 Å². The largest absolute Gasteiger partial charge is 0.488 e. The second-order valence-electron chi connectivity index (χ2n) is 5.74. The molecule has 1 aliphatic carbocycles.